The number of hydrogen-bond donors (Lipinski definition) is 1. The maximum absolute atomic E-state index is 6.25. The van der Waals surface area contributed by atoms with Gasteiger partial charge in [0.25, 0.3) is 0 Å². The number of para-hydroxylation sites is 1. The first-order valence-corrected chi connectivity index (χ1v) is 7.50. The molecule has 0 spiro atoms. The monoisotopic (exact) mass is 281 g/mol. The van der Waals surface area contributed by atoms with Crippen LogP contribution in [-0.2, 0) is 0 Å². The highest BCUT2D eigenvalue weighted by Crippen LogP contribution is 2.25. The van der Waals surface area contributed by atoms with Gasteiger partial charge in [0.05, 0.1) is 10.7 Å². The fourth-order valence-electron chi connectivity index (χ4n) is 2.43. The largest absolute Gasteiger partial charge is 0.368 e. The molecule has 0 atom stereocenters. The third-order valence-electron chi connectivity index (χ3n) is 3.55. The Morgan fingerprint density at radius 2 is 1.84 bits per heavy atom. The average Bonchev–Trinajstić information content (AvgIpc) is 2.40. The normalized spacial score (nSPS) is 17.2. The van der Waals surface area contributed by atoms with E-state index in [0.717, 1.165) is 44.3 Å². The highest BCUT2D eigenvalue weighted by atomic mass is 35.5. The summed E-state index contributed by atoms with van der Waals surface area (Å²) < 4.78 is 0. The molecular formula is C15H24ClN3. The minimum absolute atomic E-state index is 0.574. The molecule has 19 heavy (non-hydrogen) atoms. The predicted octanol–water partition coefficient (Wildman–Crippen LogP) is 2.46. The molecule has 1 heterocycles. The van der Waals surface area contributed by atoms with Gasteiger partial charge in [0.1, 0.15) is 0 Å². The van der Waals surface area contributed by atoms with E-state index in [9.17, 15) is 0 Å². The second kappa shape index (κ2) is 7.13. The summed E-state index contributed by atoms with van der Waals surface area (Å²) in [6, 6.07) is 8.69. The van der Waals surface area contributed by atoms with Gasteiger partial charge in [0.15, 0.2) is 0 Å². The van der Waals surface area contributed by atoms with E-state index in [4.69, 9.17) is 11.6 Å². The quantitative estimate of drug-likeness (QED) is 0.894. The maximum atomic E-state index is 6.25. The van der Waals surface area contributed by atoms with Crippen LogP contribution >= 0.6 is 11.6 Å². The first kappa shape index (κ1) is 14.6. The zero-order valence-electron chi connectivity index (χ0n) is 11.9. The van der Waals surface area contributed by atoms with Crippen molar-refractivity contribution >= 4 is 17.3 Å². The Labute approximate surface area is 121 Å². The Balaban J connectivity index is 1.78. The Morgan fingerprint density at radius 1 is 1.16 bits per heavy atom. The van der Waals surface area contributed by atoms with Crippen molar-refractivity contribution in [1.82, 2.24) is 10.2 Å². The molecule has 1 aromatic carbocycles. The number of piperazine rings is 1. The van der Waals surface area contributed by atoms with Gasteiger partial charge >= 0.3 is 0 Å². The molecule has 0 bridgehead atoms. The van der Waals surface area contributed by atoms with Crippen molar-refractivity contribution in [3.63, 3.8) is 0 Å². The molecule has 1 fully saturated rings. The van der Waals surface area contributed by atoms with Gasteiger partial charge < -0.3 is 10.2 Å². The molecule has 0 amide bonds. The van der Waals surface area contributed by atoms with Gasteiger partial charge in [0.2, 0.25) is 0 Å². The van der Waals surface area contributed by atoms with E-state index in [0.29, 0.717) is 6.04 Å². The van der Waals surface area contributed by atoms with Crippen LogP contribution in [0, 0.1) is 0 Å². The van der Waals surface area contributed by atoms with Crippen LogP contribution in [0.1, 0.15) is 13.8 Å². The number of nitrogens with one attached hydrogen (secondary N) is 1. The number of benzene rings is 1. The molecule has 1 N–H and O–H groups in total. The summed E-state index contributed by atoms with van der Waals surface area (Å²) in [6.07, 6.45) is 0. The van der Waals surface area contributed by atoms with E-state index in [2.05, 4.69) is 41.1 Å². The molecule has 0 unspecified atom stereocenters. The molecule has 4 heteroatoms. The van der Waals surface area contributed by atoms with Gasteiger partial charge in [-0.15, -0.1) is 0 Å². The van der Waals surface area contributed by atoms with Gasteiger partial charge in [0, 0.05) is 45.3 Å². The lowest BCUT2D eigenvalue weighted by atomic mass is 10.2. The topological polar surface area (TPSA) is 18.5 Å². The van der Waals surface area contributed by atoms with Crippen molar-refractivity contribution in [2.24, 2.45) is 0 Å². The van der Waals surface area contributed by atoms with Crippen LogP contribution in [0.4, 0.5) is 5.69 Å². The Bertz CT molecular complexity index is 387. The van der Waals surface area contributed by atoms with Crippen LogP contribution in [0.3, 0.4) is 0 Å². The summed E-state index contributed by atoms with van der Waals surface area (Å²) in [5, 5.41) is 4.33. The average molecular weight is 282 g/mol. The van der Waals surface area contributed by atoms with Crippen LogP contribution in [0.5, 0.6) is 0 Å². The number of nitrogens with zero attached hydrogens (tertiary/aromatic N) is 2. The van der Waals surface area contributed by atoms with E-state index < -0.39 is 0 Å². The van der Waals surface area contributed by atoms with E-state index in [1.54, 1.807) is 0 Å². The second-order valence-corrected chi connectivity index (χ2v) is 5.80. The summed E-state index contributed by atoms with van der Waals surface area (Å²) in [5.74, 6) is 0. The van der Waals surface area contributed by atoms with Crippen molar-refractivity contribution in [3.8, 4) is 0 Å². The molecule has 106 valence electrons. The molecule has 0 saturated carbocycles. The molecule has 0 aromatic heterocycles. The lowest BCUT2D eigenvalue weighted by Gasteiger charge is -2.36. The fraction of sp³-hybridized carbons (Fsp3) is 0.600. The SMILES string of the molecule is CC(C)NCCN1CCN(c2ccccc2Cl)CC1. The maximum Gasteiger partial charge on any atom is 0.0639 e. The third-order valence-corrected chi connectivity index (χ3v) is 3.87. The van der Waals surface area contributed by atoms with Crippen molar-refractivity contribution in [2.75, 3.05) is 44.2 Å². The van der Waals surface area contributed by atoms with E-state index in [1.807, 2.05) is 12.1 Å². The van der Waals surface area contributed by atoms with E-state index in [1.165, 1.54) is 5.69 Å². The van der Waals surface area contributed by atoms with Crippen LogP contribution < -0.4 is 10.2 Å². The highest BCUT2D eigenvalue weighted by molar-refractivity contribution is 6.33. The fourth-order valence-corrected chi connectivity index (χ4v) is 2.69. The molecule has 1 aromatic rings. The zero-order valence-corrected chi connectivity index (χ0v) is 12.7. The molecule has 2 rings (SSSR count). The lowest BCUT2D eigenvalue weighted by Crippen LogP contribution is -2.48. The molecule has 3 nitrogen and oxygen atoms in total. The third kappa shape index (κ3) is 4.37. The van der Waals surface area contributed by atoms with Crippen molar-refractivity contribution in [1.29, 1.82) is 0 Å². The lowest BCUT2D eigenvalue weighted by molar-refractivity contribution is 0.255. The zero-order chi connectivity index (χ0) is 13.7. The summed E-state index contributed by atoms with van der Waals surface area (Å²) >= 11 is 6.25. The number of hydrogen-bond acceptors (Lipinski definition) is 3. The van der Waals surface area contributed by atoms with Gasteiger partial charge in [-0.3, -0.25) is 4.90 Å². The minimum Gasteiger partial charge on any atom is -0.368 e. The Hall–Kier alpha value is -0.770. The smallest absolute Gasteiger partial charge is 0.0639 e. The molecule has 0 radical (unpaired) electrons. The van der Waals surface area contributed by atoms with Gasteiger partial charge in [-0.25, -0.2) is 0 Å². The number of rotatable bonds is 5. The summed E-state index contributed by atoms with van der Waals surface area (Å²) in [5.41, 5.74) is 1.17. The molecular weight excluding hydrogens is 258 g/mol. The highest BCUT2D eigenvalue weighted by Gasteiger charge is 2.18. The van der Waals surface area contributed by atoms with Crippen molar-refractivity contribution in [2.45, 2.75) is 19.9 Å². The van der Waals surface area contributed by atoms with Crippen LogP contribution in [0.15, 0.2) is 24.3 Å². The van der Waals surface area contributed by atoms with Crippen LogP contribution in [-0.4, -0.2) is 50.2 Å². The Kier molecular flexibility index (Phi) is 5.49. The summed E-state index contributed by atoms with van der Waals surface area (Å²) in [6.45, 7) is 10.9. The first-order valence-electron chi connectivity index (χ1n) is 7.12. The van der Waals surface area contributed by atoms with Gasteiger partial charge in [-0.1, -0.05) is 37.6 Å². The Morgan fingerprint density at radius 3 is 2.47 bits per heavy atom. The molecule has 0 aliphatic carbocycles. The van der Waals surface area contributed by atoms with E-state index >= 15 is 0 Å². The van der Waals surface area contributed by atoms with Crippen LogP contribution in [0.25, 0.3) is 0 Å². The summed E-state index contributed by atoms with van der Waals surface area (Å²) in [4.78, 5) is 4.90. The number of anilines is 1. The number of halogens is 1. The first-order chi connectivity index (χ1) is 9.16. The molecule has 1 aliphatic rings. The minimum atomic E-state index is 0.574. The van der Waals surface area contributed by atoms with Crippen molar-refractivity contribution < 1.29 is 0 Å². The van der Waals surface area contributed by atoms with Gasteiger partial charge in [-0.05, 0) is 12.1 Å². The molecule has 1 saturated heterocycles. The van der Waals surface area contributed by atoms with E-state index in [-0.39, 0.29) is 0 Å². The second-order valence-electron chi connectivity index (χ2n) is 5.39. The standard InChI is InChI=1S/C15H24ClN3/c1-13(2)17-7-8-18-9-11-19(12-10-18)15-6-4-3-5-14(15)16/h3-6,13,17H,7-12H2,1-2H3. The molecule has 1 aliphatic heterocycles. The predicted molar refractivity (Wildman–Crippen MR) is 83.2 cm³/mol. The van der Waals surface area contributed by atoms with Gasteiger partial charge in [-0.2, -0.15) is 0 Å². The van der Waals surface area contributed by atoms with Crippen molar-refractivity contribution in [3.05, 3.63) is 29.3 Å². The van der Waals surface area contributed by atoms with Crippen LogP contribution in [0.2, 0.25) is 5.02 Å². The summed E-state index contributed by atoms with van der Waals surface area (Å²) in [7, 11) is 0.